The molecule has 1 unspecified atom stereocenters. The molecule has 1 aliphatic rings. The van der Waals surface area contributed by atoms with Gasteiger partial charge in [0.2, 0.25) is 0 Å². The summed E-state index contributed by atoms with van der Waals surface area (Å²) in [4.78, 5) is 18.4. The van der Waals surface area contributed by atoms with Crippen molar-refractivity contribution in [1.82, 2.24) is 9.88 Å². The van der Waals surface area contributed by atoms with Crippen LogP contribution >= 0.6 is 0 Å². The number of carbonyl (C=O) groups excluding carboxylic acids is 1. The molecular weight excluding hydrogens is 238 g/mol. The molecule has 4 nitrogen and oxygen atoms in total. The van der Waals surface area contributed by atoms with Crippen molar-refractivity contribution >= 4 is 11.6 Å². The van der Waals surface area contributed by atoms with Crippen molar-refractivity contribution < 1.29 is 4.79 Å². The topological polar surface area (TPSA) is 45.2 Å². The fraction of sp³-hybridized carbons (Fsp3) is 0.600. The van der Waals surface area contributed by atoms with E-state index < -0.39 is 0 Å². The number of aromatic nitrogens is 1. The van der Waals surface area contributed by atoms with Crippen LogP contribution in [0.2, 0.25) is 0 Å². The predicted molar refractivity (Wildman–Crippen MR) is 77.3 cm³/mol. The minimum Gasteiger partial charge on any atom is -0.384 e. The summed E-state index contributed by atoms with van der Waals surface area (Å²) in [5.74, 6) is 0.695. The van der Waals surface area contributed by atoms with Gasteiger partial charge >= 0.3 is 0 Å². The molecule has 1 N–H and O–H groups in total. The van der Waals surface area contributed by atoms with E-state index >= 15 is 0 Å². The molecular formula is C15H23N3O. The maximum Gasteiger partial charge on any atom is 0.272 e. The first kappa shape index (κ1) is 13.8. The predicted octanol–water partition coefficient (Wildman–Crippen LogP) is 2.77. The van der Waals surface area contributed by atoms with Crippen LogP contribution in [0.3, 0.4) is 0 Å². The molecule has 0 aromatic carbocycles. The van der Waals surface area contributed by atoms with E-state index in [0.29, 0.717) is 17.7 Å². The molecule has 2 rings (SSSR count). The number of anilines is 1. The van der Waals surface area contributed by atoms with Gasteiger partial charge in [-0.1, -0.05) is 6.92 Å². The Labute approximate surface area is 115 Å². The van der Waals surface area contributed by atoms with Crippen LogP contribution in [0, 0.1) is 5.92 Å². The lowest BCUT2D eigenvalue weighted by atomic mass is 10.2. The number of nitrogens with one attached hydrogen (secondary N) is 1. The second kappa shape index (κ2) is 6.04. The number of pyridine rings is 1. The van der Waals surface area contributed by atoms with E-state index in [-0.39, 0.29) is 5.91 Å². The molecule has 0 radical (unpaired) electrons. The Morgan fingerprint density at radius 2 is 2.26 bits per heavy atom. The highest BCUT2D eigenvalue weighted by Gasteiger charge is 2.32. The average molecular weight is 261 g/mol. The Bertz CT molecular complexity index is 426. The van der Waals surface area contributed by atoms with E-state index in [1.807, 2.05) is 18.0 Å². The largest absolute Gasteiger partial charge is 0.384 e. The van der Waals surface area contributed by atoms with Gasteiger partial charge in [-0.25, -0.2) is 4.98 Å². The molecule has 0 saturated heterocycles. The zero-order valence-corrected chi connectivity index (χ0v) is 12.0. The van der Waals surface area contributed by atoms with E-state index in [0.717, 1.165) is 18.7 Å². The third kappa shape index (κ3) is 3.46. The van der Waals surface area contributed by atoms with Crippen LogP contribution in [0.1, 0.15) is 43.6 Å². The van der Waals surface area contributed by atoms with E-state index in [2.05, 4.69) is 24.1 Å². The van der Waals surface area contributed by atoms with Gasteiger partial charge in [0, 0.05) is 19.6 Å². The molecule has 1 fully saturated rings. The van der Waals surface area contributed by atoms with Crippen molar-refractivity contribution in [2.45, 2.75) is 39.2 Å². The molecule has 1 heterocycles. The van der Waals surface area contributed by atoms with Gasteiger partial charge in [0.1, 0.15) is 5.69 Å². The van der Waals surface area contributed by atoms with Crippen LogP contribution in [-0.4, -0.2) is 35.4 Å². The molecule has 1 atom stereocenters. The number of nitrogens with zero attached hydrogens (tertiary/aromatic N) is 2. The molecule has 1 aromatic rings. The van der Waals surface area contributed by atoms with Crippen LogP contribution in [0.15, 0.2) is 18.3 Å². The highest BCUT2D eigenvalue weighted by Crippen LogP contribution is 2.34. The highest BCUT2D eigenvalue weighted by atomic mass is 16.2. The first-order chi connectivity index (χ1) is 9.13. The molecule has 19 heavy (non-hydrogen) atoms. The Hall–Kier alpha value is -1.58. The number of rotatable bonds is 6. The lowest BCUT2D eigenvalue weighted by Crippen LogP contribution is -2.36. The Morgan fingerprint density at radius 1 is 1.53 bits per heavy atom. The van der Waals surface area contributed by atoms with Crippen molar-refractivity contribution in [3.8, 4) is 0 Å². The summed E-state index contributed by atoms with van der Waals surface area (Å²) in [6.07, 6.45) is 5.29. The van der Waals surface area contributed by atoms with Crippen LogP contribution in [0.5, 0.6) is 0 Å². The summed E-state index contributed by atoms with van der Waals surface area (Å²) in [6, 6.07) is 4.04. The lowest BCUT2D eigenvalue weighted by Gasteiger charge is -2.24. The lowest BCUT2D eigenvalue weighted by molar-refractivity contribution is 0.0721. The van der Waals surface area contributed by atoms with E-state index in [1.54, 1.807) is 12.3 Å². The van der Waals surface area contributed by atoms with Gasteiger partial charge in [0.25, 0.3) is 5.91 Å². The first-order valence-electron chi connectivity index (χ1n) is 7.10. The quantitative estimate of drug-likeness (QED) is 0.856. The summed E-state index contributed by atoms with van der Waals surface area (Å²) in [7, 11) is 1.87. The first-order valence-corrected chi connectivity index (χ1v) is 7.10. The summed E-state index contributed by atoms with van der Waals surface area (Å²) in [6.45, 7) is 5.16. The molecule has 4 heteroatoms. The summed E-state index contributed by atoms with van der Waals surface area (Å²) < 4.78 is 0. The summed E-state index contributed by atoms with van der Waals surface area (Å²) in [5.41, 5.74) is 1.49. The Kier molecular flexibility index (Phi) is 4.40. The minimum absolute atomic E-state index is 0.0152. The maximum absolute atomic E-state index is 12.3. The average Bonchev–Trinajstić information content (AvgIpc) is 3.28. The molecule has 1 amide bonds. The second-order valence-corrected chi connectivity index (χ2v) is 5.35. The smallest absolute Gasteiger partial charge is 0.272 e. The molecule has 104 valence electrons. The van der Waals surface area contributed by atoms with Crippen molar-refractivity contribution in [2.75, 3.05) is 18.9 Å². The normalized spacial score (nSPS) is 15.9. The third-order valence-corrected chi connectivity index (χ3v) is 3.80. The number of carbonyl (C=O) groups is 1. The Balaban J connectivity index is 1.98. The van der Waals surface area contributed by atoms with Gasteiger partial charge in [0.05, 0.1) is 11.9 Å². The van der Waals surface area contributed by atoms with Gasteiger partial charge < -0.3 is 10.2 Å². The molecule has 1 aromatic heterocycles. The van der Waals surface area contributed by atoms with Crippen molar-refractivity contribution in [1.29, 1.82) is 0 Å². The van der Waals surface area contributed by atoms with Gasteiger partial charge in [0.15, 0.2) is 0 Å². The van der Waals surface area contributed by atoms with Crippen LogP contribution in [0.25, 0.3) is 0 Å². The third-order valence-electron chi connectivity index (χ3n) is 3.80. The zero-order valence-electron chi connectivity index (χ0n) is 12.0. The van der Waals surface area contributed by atoms with Crippen LogP contribution in [-0.2, 0) is 0 Å². The van der Waals surface area contributed by atoms with Crippen molar-refractivity contribution in [3.63, 3.8) is 0 Å². The van der Waals surface area contributed by atoms with Gasteiger partial charge in [-0.2, -0.15) is 0 Å². The number of hydrogen-bond acceptors (Lipinski definition) is 3. The number of amides is 1. The van der Waals surface area contributed by atoms with Gasteiger partial charge in [-0.05, 0) is 44.2 Å². The standard InChI is InChI=1S/C15H23N3O/c1-4-9-16-13-7-8-14(17-10-13)15(19)18(3)11(2)12-5-6-12/h7-8,10-12,16H,4-6,9H2,1-3H3. The molecule has 1 aliphatic carbocycles. The number of hydrogen-bond donors (Lipinski definition) is 1. The summed E-state index contributed by atoms with van der Waals surface area (Å²) in [5, 5.41) is 3.25. The van der Waals surface area contributed by atoms with Crippen LogP contribution in [0.4, 0.5) is 5.69 Å². The van der Waals surface area contributed by atoms with E-state index in [1.165, 1.54) is 12.8 Å². The highest BCUT2D eigenvalue weighted by molar-refractivity contribution is 5.92. The van der Waals surface area contributed by atoms with Crippen LogP contribution < -0.4 is 5.32 Å². The summed E-state index contributed by atoms with van der Waals surface area (Å²) >= 11 is 0. The second-order valence-electron chi connectivity index (χ2n) is 5.35. The molecule has 1 saturated carbocycles. The van der Waals surface area contributed by atoms with Gasteiger partial charge in [-0.3, -0.25) is 4.79 Å². The monoisotopic (exact) mass is 261 g/mol. The van der Waals surface area contributed by atoms with E-state index in [9.17, 15) is 4.79 Å². The zero-order chi connectivity index (χ0) is 13.8. The Morgan fingerprint density at radius 3 is 2.79 bits per heavy atom. The SMILES string of the molecule is CCCNc1ccc(C(=O)N(C)C(C)C2CC2)nc1. The maximum atomic E-state index is 12.3. The minimum atomic E-state index is 0.0152. The molecule has 0 spiro atoms. The van der Waals surface area contributed by atoms with Crippen molar-refractivity contribution in [2.24, 2.45) is 5.92 Å². The van der Waals surface area contributed by atoms with E-state index in [4.69, 9.17) is 0 Å². The fourth-order valence-electron chi connectivity index (χ4n) is 2.15. The van der Waals surface area contributed by atoms with Gasteiger partial charge in [-0.15, -0.1) is 0 Å². The van der Waals surface area contributed by atoms with Crippen molar-refractivity contribution in [3.05, 3.63) is 24.0 Å². The molecule has 0 aliphatic heterocycles. The fourth-order valence-corrected chi connectivity index (χ4v) is 2.15. The molecule has 0 bridgehead atoms.